The molecule has 1 aromatic rings. The maximum absolute atomic E-state index is 8.86. The van der Waals surface area contributed by atoms with E-state index in [9.17, 15) is 0 Å². The summed E-state index contributed by atoms with van der Waals surface area (Å²) in [6.45, 7) is 12.5. The fraction of sp³-hybridized carbons (Fsp3) is 0.700. The Kier molecular flexibility index (Phi) is 7.23. The number of rotatable bonds is 7. The summed E-state index contributed by atoms with van der Waals surface area (Å²) >= 11 is 1.58. The number of fused-ring (bicyclic) bond motifs is 1. The number of hydrogen-bond donors (Lipinski definition) is 0. The van der Waals surface area contributed by atoms with Gasteiger partial charge in [0.2, 0.25) is 9.93 Å². The third-order valence-electron chi connectivity index (χ3n) is 5.86. The van der Waals surface area contributed by atoms with Crippen molar-refractivity contribution in [1.29, 1.82) is 0 Å². The lowest BCUT2D eigenvalue weighted by atomic mass is 9.92. The minimum atomic E-state index is -0.0306. The van der Waals surface area contributed by atoms with E-state index < -0.39 is 0 Å². The molecular formula is C20H32N8OS. The Morgan fingerprint density at radius 3 is 2.87 bits per heavy atom. The molecule has 30 heavy (non-hydrogen) atoms. The van der Waals surface area contributed by atoms with Gasteiger partial charge in [-0.05, 0) is 30.9 Å². The molecule has 4 atom stereocenters. The zero-order chi connectivity index (χ0) is 21.8. The number of aryl methyl sites for hydroxylation is 1. The highest BCUT2D eigenvalue weighted by atomic mass is 32.1. The molecule has 1 aromatic heterocycles. The van der Waals surface area contributed by atoms with Crippen LogP contribution in [0.25, 0.3) is 10.4 Å². The predicted octanol–water partition coefficient (Wildman–Crippen LogP) is 3.29. The number of hydrogen-bond acceptors (Lipinski definition) is 7. The van der Waals surface area contributed by atoms with E-state index in [2.05, 4.69) is 54.2 Å². The zero-order valence-electron chi connectivity index (χ0n) is 18.5. The quantitative estimate of drug-likeness (QED) is 0.286. The molecule has 3 rings (SSSR count). The van der Waals surface area contributed by atoms with E-state index >= 15 is 0 Å². The Labute approximate surface area is 182 Å². The molecule has 0 spiro atoms. The lowest BCUT2D eigenvalue weighted by molar-refractivity contribution is -0.00894. The van der Waals surface area contributed by atoms with Crippen LogP contribution in [0.5, 0.6) is 0 Å². The number of nitrogens with zero attached hydrogens (tertiary/aromatic N) is 8. The van der Waals surface area contributed by atoms with Gasteiger partial charge < -0.3 is 14.5 Å². The second-order valence-electron chi connectivity index (χ2n) is 8.18. The first-order chi connectivity index (χ1) is 14.3. The van der Waals surface area contributed by atoms with Crippen LogP contribution in [0.1, 0.15) is 27.2 Å². The first-order valence-corrected chi connectivity index (χ1v) is 11.2. The normalized spacial score (nSPS) is 25.8. The van der Waals surface area contributed by atoms with E-state index in [-0.39, 0.29) is 24.2 Å². The Bertz CT molecular complexity index is 897. The van der Waals surface area contributed by atoms with Crippen molar-refractivity contribution >= 4 is 16.5 Å². The summed E-state index contributed by atoms with van der Waals surface area (Å²) in [5.74, 6) is 0.598. The summed E-state index contributed by atoms with van der Waals surface area (Å²) in [4.78, 5) is 13.2. The van der Waals surface area contributed by atoms with Crippen LogP contribution in [0.2, 0.25) is 0 Å². The van der Waals surface area contributed by atoms with Gasteiger partial charge in [0.15, 0.2) is 0 Å². The van der Waals surface area contributed by atoms with Gasteiger partial charge in [-0.3, -0.25) is 0 Å². The molecule has 0 saturated carbocycles. The number of azide groups is 1. The average Bonchev–Trinajstić information content (AvgIpc) is 3.30. The smallest absolute Gasteiger partial charge is 0.207 e. The third kappa shape index (κ3) is 4.71. The molecule has 164 valence electrons. The van der Waals surface area contributed by atoms with E-state index in [0.29, 0.717) is 12.5 Å². The van der Waals surface area contributed by atoms with Crippen molar-refractivity contribution in [2.24, 2.45) is 29.0 Å². The largest absolute Gasteiger partial charge is 0.376 e. The molecule has 3 heterocycles. The van der Waals surface area contributed by atoms with E-state index in [4.69, 9.17) is 20.4 Å². The van der Waals surface area contributed by atoms with Gasteiger partial charge in [-0.15, -0.1) is 5.10 Å². The van der Waals surface area contributed by atoms with Crippen molar-refractivity contribution < 1.29 is 4.74 Å². The number of ether oxygens (including phenoxy) is 1. The molecule has 2 unspecified atom stereocenters. The molecule has 0 N–H and O–H groups in total. The maximum Gasteiger partial charge on any atom is 0.207 e. The predicted molar refractivity (Wildman–Crippen MR) is 120 cm³/mol. The summed E-state index contributed by atoms with van der Waals surface area (Å²) in [5.41, 5.74) is 10.1. The van der Waals surface area contributed by atoms with Crippen LogP contribution in [0.15, 0.2) is 34.5 Å². The van der Waals surface area contributed by atoms with Crippen molar-refractivity contribution in [3.05, 3.63) is 39.7 Å². The highest BCUT2D eigenvalue weighted by molar-refractivity contribution is 7.12. The van der Waals surface area contributed by atoms with Crippen molar-refractivity contribution in [1.82, 2.24) is 14.7 Å². The molecule has 2 aliphatic rings. The summed E-state index contributed by atoms with van der Waals surface area (Å²) < 4.78 is 7.77. The topological polar surface area (TPSA) is 94.7 Å². The molecular weight excluding hydrogens is 400 g/mol. The summed E-state index contributed by atoms with van der Waals surface area (Å²) in [7, 11) is 3.99. The minimum Gasteiger partial charge on any atom is -0.376 e. The lowest BCUT2D eigenvalue weighted by Gasteiger charge is -2.29. The van der Waals surface area contributed by atoms with E-state index in [1.807, 2.05) is 23.9 Å². The standard InChI is InChI=1S/C20H32N8OS/c1-7-8-17(13(2)3)26(5)14(4)22-19-27(6)24-20(30-19)28-11-15-16(23-25-21)9-10-29-18(15)12-28/h7-8,13-16,18H,1,9-12H2,2-6H3/b17-8-,22-19+/t14?,15-,16?,18+/m1/s1. The van der Waals surface area contributed by atoms with Gasteiger partial charge >= 0.3 is 0 Å². The minimum absolute atomic E-state index is 0.00334. The van der Waals surface area contributed by atoms with Crippen molar-refractivity contribution in [2.75, 3.05) is 31.6 Å². The fourth-order valence-electron chi connectivity index (χ4n) is 4.14. The van der Waals surface area contributed by atoms with Gasteiger partial charge in [0, 0.05) is 56.4 Å². The van der Waals surface area contributed by atoms with Crippen LogP contribution >= 0.6 is 11.3 Å². The number of allylic oxidation sites excluding steroid dienone is 3. The van der Waals surface area contributed by atoms with Crippen LogP contribution < -0.4 is 9.70 Å². The van der Waals surface area contributed by atoms with E-state index in [0.717, 1.165) is 29.4 Å². The molecule has 0 aromatic carbocycles. The number of anilines is 1. The zero-order valence-corrected chi connectivity index (χ0v) is 19.3. The van der Waals surface area contributed by atoms with Crippen LogP contribution in [-0.4, -0.2) is 59.7 Å². The second-order valence-corrected chi connectivity index (χ2v) is 9.12. The van der Waals surface area contributed by atoms with Crippen LogP contribution in [0.3, 0.4) is 0 Å². The highest BCUT2D eigenvalue weighted by Gasteiger charge is 2.42. The molecule has 0 radical (unpaired) electrons. The third-order valence-corrected chi connectivity index (χ3v) is 6.93. The first-order valence-electron chi connectivity index (χ1n) is 10.4. The molecule has 0 bridgehead atoms. The van der Waals surface area contributed by atoms with Gasteiger partial charge in [0.25, 0.3) is 0 Å². The molecule has 10 heteroatoms. The summed E-state index contributed by atoms with van der Waals surface area (Å²) in [6.07, 6.45) is 4.71. The monoisotopic (exact) mass is 432 g/mol. The van der Waals surface area contributed by atoms with Crippen molar-refractivity contribution in [3.8, 4) is 0 Å². The first kappa shape index (κ1) is 22.4. The Morgan fingerprint density at radius 1 is 1.43 bits per heavy atom. The average molecular weight is 433 g/mol. The molecule has 0 aliphatic carbocycles. The van der Waals surface area contributed by atoms with Crippen molar-refractivity contribution in [2.45, 2.75) is 45.5 Å². The Morgan fingerprint density at radius 2 is 2.20 bits per heavy atom. The van der Waals surface area contributed by atoms with E-state index in [1.54, 1.807) is 11.3 Å². The molecule has 0 amide bonds. The molecule has 2 aliphatic heterocycles. The van der Waals surface area contributed by atoms with Crippen LogP contribution in [0.4, 0.5) is 5.13 Å². The van der Waals surface area contributed by atoms with Gasteiger partial charge in [0.05, 0.1) is 6.10 Å². The lowest BCUT2D eigenvalue weighted by Crippen LogP contribution is -2.37. The molecule has 2 saturated heterocycles. The second kappa shape index (κ2) is 9.68. The van der Waals surface area contributed by atoms with Gasteiger partial charge in [-0.25, -0.2) is 9.67 Å². The SMILES string of the molecule is C=C/C=C(/C(C)C)N(C)C(C)/N=c1/sc(N2C[C@@H]3OCCC(N=[N+]=[N-])[C@H]3C2)nn1C. The highest BCUT2D eigenvalue weighted by Crippen LogP contribution is 2.33. The van der Waals surface area contributed by atoms with Crippen molar-refractivity contribution in [3.63, 3.8) is 0 Å². The molecule has 9 nitrogen and oxygen atoms in total. The number of aromatic nitrogens is 2. The van der Waals surface area contributed by atoms with Crippen LogP contribution in [-0.2, 0) is 11.8 Å². The van der Waals surface area contributed by atoms with Crippen LogP contribution in [0, 0.1) is 11.8 Å². The van der Waals surface area contributed by atoms with Gasteiger partial charge in [-0.1, -0.05) is 43.0 Å². The Hall–Kier alpha value is -2.29. The van der Waals surface area contributed by atoms with Gasteiger partial charge in [0.1, 0.15) is 6.17 Å². The summed E-state index contributed by atoms with van der Waals surface area (Å²) in [6, 6.07) is -0.00334. The van der Waals surface area contributed by atoms with E-state index in [1.165, 1.54) is 5.70 Å². The Balaban J connectivity index is 1.79. The summed E-state index contributed by atoms with van der Waals surface area (Å²) in [5, 5.41) is 9.63. The fourth-order valence-corrected chi connectivity index (χ4v) is 5.13. The maximum atomic E-state index is 8.86. The molecule has 2 fully saturated rings. The van der Waals surface area contributed by atoms with Gasteiger partial charge in [-0.2, -0.15) is 0 Å².